The second kappa shape index (κ2) is 4.51. The predicted octanol–water partition coefficient (Wildman–Crippen LogP) is 2.02. The van der Waals surface area contributed by atoms with E-state index >= 15 is 0 Å². The first-order valence-electron chi connectivity index (χ1n) is 6.80. The van der Waals surface area contributed by atoms with Gasteiger partial charge in [0, 0.05) is 12.6 Å². The van der Waals surface area contributed by atoms with Gasteiger partial charge in [0.1, 0.15) is 0 Å². The molecule has 0 radical (unpaired) electrons. The van der Waals surface area contributed by atoms with E-state index in [1.165, 1.54) is 25.7 Å². The summed E-state index contributed by atoms with van der Waals surface area (Å²) in [5, 5.41) is 14.1. The zero-order valence-corrected chi connectivity index (χ0v) is 10.8. The Labute approximate surface area is 103 Å². The van der Waals surface area contributed by atoms with Crippen LogP contribution in [-0.4, -0.2) is 34.8 Å². The summed E-state index contributed by atoms with van der Waals surface area (Å²) in [6.07, 6.45) is 7.63. The average molecular weight is 241 g/mol. The van der Waals surface area contributed by atoms with Gasteiger partial charge in [0.25, 0.3) is 0 Å². The molecule has 0 aromatic rings. The summed E-state index contributed by atoms with van der Waals surface area (Å²) < 4.78 is 0. The summed E-state index contributed by atoms with van der Waals surface area (Å²) in [5.74, 6) is 4.15. The molecule has 0 atom stereocenters. The zero-order chi connectivity index (χ0) is 11.0. The molecule has 0 spiro atoms. The first kappa shape index (κ1) is 11.4. The Morgan fingerprint density at radius 3 is 2.19 bits per heavy atom. The van der Waals surface area contributed by atoms with E-state index < -0.39 is 5.60 Å². The molecule has 2 nitrogen and oxygen atoms in total. The molecule has 0 amide bonds. The molecule has 1 saturated heterocycles. The highest BCUT2D eigenvalue weighted by Gasteiger charge is 2.42. The van der Waals surface area contributed by atoms with Crippen molar-refractivity contribution >= 4 is 11.8 Å². The standard InChI is InChI=1S/C13H23NOS/c15-13(5-7-16-8-6-13)9-14-12(10-1-2-10)11-3-4-11/h10-12,14-15H,1-9H2. The van der Waals surface area contributed by atoms with Gasteiger partial charge in [0.15, 0.2) is 0 Å². The maximum atomic E-state index is 10.4. The van der Waals surface area contributed by atoms with Crippen molar-refractivity contribution in [3.8, 4) is 0 Å². The molecule has 3 heteroatoms. The summed E-state index contributed by atoms with van der Waals surface area (Å²) in [5.41, 5.74) is -0.396. The van der Waals surface area contributed by atoms with E-state index in [-0.39, 0.29) is 0 Å². The van der Waals surface area contributed by atoms with E-state index in [9.17, 15) is 5.11 Å². The third-order valence-electron chi connectivity index (χ3n) is 4.35. The minimum absolute atomic E-state index is 0.396. The van der Waals surface area contributed by atoms with E-state index in [4.69, 9.17) is 0 Å². The molecule has 3 fully saturated rings. The molecule has 2 N–H and O–H groups in total. The van der Waals surface area contributed by atoms with E-state index in [0.29, 0.717) is 0 Å². The van der Waals surface area contributed by atoms with Crippen LogP contribution in [0.4, 0.5) is 0 Å². The van der Waals surface area contributed by atoms with E-state index in [0.717, 1.165) is 48.8 Å². The largest absolute Gasteiger partial charge is 0.389 e. The van der Waals surface area contributed by atoms with Gasteiger partial charge in [-0.3, -0.25) is 0 Å². The van der Waals surface area contributed by atoms with Gasteiger partial charge in [-0.15, -0.1) is 0 Å². The van der Waals surface area contributed by atoms with Gasteiger partial charge in [-0.05, 0) is 61.9 Å². The lowest BCUT2D eigenvalue weighted by Crippen LogP contribution is -2.47. The Balaban J connectivity index is 1.49. The molecule has 92 valence electrons. The summed E-state index contributed by atoms with van der Waals surface area (Å²) in [6.45, 7) is 0.839. The van der Waals surface area contributed by atoms with Crippen LogP contribution in [0.15, 0.2) is 0 Å². The monoisotopic (exact) mass is 241 g/mol. The lowest BCUT2D eigenvalue weighted by Gasteiger charge is -2.33. The van der Waals surface area contributed by atoms with Gasteiger partial charge in [-0.1, -0.05) is 0 Å². The molecule has 2 saturated carbocycles. The SMILES string of the molecule is OC1(CNC(C2CC2)C2CC2)CCSCC1. The van der Waals surface area contributed by atoms with Gasteiger partial charge in [-0.25, -0.2) is 0 Å². The van der Waals surface area contributed by atoms with Crippen LogP contribution in [0, 0.1) is 11.8 Å². The number of hydrogen-bond acceptors (Lipinski definition) is 3. The molecule has 1 heterocycles. The number of aliphatic hydroxyl groups is 1. The van der Waals surface area contributed by atoms with Crippen molar-refractivity contribution in [3.05, 3.63) is 0 Å². The van der Waals surface area contributed by atoms with Crippen LogP contribution in [0.2, 0.25) is 0 Å². The highest BCUT2D eigenvalue weighted by Crippen LogP contribution is 2.44. The number of nitrogens with one attached hydrogen (secondary N) is 1. The van der Waals surface area contributed by atoms with Gasteiger partial charge >= 0.3 is 0 Å². The fourth-order valence-electron chi connectivity index (χ4n) is 2.86. The Hall–Kier alpha value is 0.270. The Morgan fingerprint density at radius 1 is 1.12 bits per heavy atom. The van der Waals surface area contributed by atoms with Crippen LogP contribution in [0.25, 0.3) is 0 Å². The maximum absolute atomic E-state index is 10.4. The van der Waals surface area contributed by atoms with Crippen LogP contribution >= 0.6 is 11.8 Å². The van der Waals surface area contributed by atoms with Crippen molar-refractivity contribution < 1.29 is 5.11 Å². The molecule has 0 aromatic heterocycles. The fraction of sp³-hybridized carbons (Fsp3) is 1.00. The normalized spacial score (nSPS) is 29.6. The molecular formula is C13H23NOS. The van der Waals surface area contributed by atoms with Crippen molar-refractivity contribution in [1.29, 1.82) is 0 Å². The van der Waals surface area contributed by atoms with E-state index in [1.54, 1.807) is 0 Å². The van der Waals surface area contributed by atoms with Crippen molar-refractivity contribution in [1.82, 2.24) is 5.32 Å². The number of thioether (sulfide) groups is 1. The van der Waals surface area contributed by atoms with Gasteiger partial charge < -0.3 is 10.4 Å². The van der Waals surface area contributed by atoms with E-state index in [1.807, 2.05) is 11.8 Å². The van der Waals surface area contributed by atoms with Crippen molar-refractivity contribution in [2.24, 2.45) is 11.8 Å². The summed E-state index contributed by atoms with van der Waals surface area (Å²) in [6, 6.07) is 0.735. The second-order valence-corrected chi connectivity index (χ2v) is 7.14. The number of rotatable bonds is 5. The van der Waals surface area contributed by atoms with Gasteiger partial charge in [0.2, 0.25) is 0 Å². The molecule has 1 aliphatic heterocycles. The Kier molecular flexibility index (Phi) is 3.20. The quantitative estimate of drug-likeness (QED) is 0.772. The first-order chi connectivity index (χ1) is 7.77. The minimum atomic E-state index is -0.396. The third kappa shape index (κ3) is 2.74. The molecular weight excluding hydrogens is 218 g/mol. The van der Waals surface area contributed by atoms with Gasteiger partial charge in [0.05, 0.1) is 5.60 Å². The smallest absolute Gasteiger partial charge is 0.0787 e. The molecule has 16 heavy (non-hydrogen) atoms. The lowest BCUT2D eigenvalue weighted by molar-refractivity contribution is 0.0281. The lowest BCUT2D eigenvalue weighted by atomic mass is 9.95. The minimum Gasteiger partial charge on any atom is -0.389 e. The fourth-order valence-corrected chi connectivity index (χ4v) is 4.12. The zero-order valence-electron chi connectivity index (χ0n) is 9.95. The maximum Gasteiger partial charge on any atom is 0.0787 e. The van der Waals surface area contributed by atoms with Crippen LogP contribution in [0.3, 0.4) is 0 Å². The molecule has 3 aliphatic rings. The highest BCUT2D eigenvalue weighted by atomic mass is 32.2. The van der Waals surface area contributed by atoms with Crippen LogP contribution in [0.5, 0.6) is 0 Å². The Morgan fingerprint density at radius 2 is 1.69 bits per heavy atom. The van der Waals surface area contributed by atoms with Gasteiger partial charge in [-0.2, -0.15) is 11.8 Å². The molecule has 3 rings (SSSR count). The first-order valence-corrected chi connectivity index (χ1v) is 7.96. The topological polar surface area (TPSA) is 32.3 Å². The van der Waals surface area contributed by atoms with Crippen molar-refractivity contribution in [2.45, 2.75) is 50.2 Å². The summed E-state index contributed by atoms with van der Waals surface area (Å²) in [4.78, 5) is 0. The van der Waals surface area contributed by atoms with Crippen LogP contribution < -0.4 is 5.32 Å². The molecule has 0 aromatic carbocycles. The van der Waals surface area contributed by atoms with Crippen molar-refractivity contribution in [2.75, 3.05) is 18.1 Å². The highest BCUT2D eigenvalue weighted by molar-refractivity contribution is 7.99. The Bertz CT molecular complexity index is 232. The number of hydrogen-bond donors (Lipinski definition) is 2. The summed E-state index contributed by atoms with van der Waals surface area (Å²) >= 11 is 1.98. The van der Waals surface area contributed by atoms with E-state index in [2.05, 4.69) is 5.32 Å². The predicted molar refractivity (Wildman–Crippen MR) is 68.7 cm³/mol. The van der Waals surface area contributed by atoms with Crippen LogP contribution in [0.1, 0.15) is 38.5 Å². The average Bonchev–Trinajstić information content (AvgIpc) is 3.14. The third-order valence-corrected chi connectivity index (χ3v) is 5.34. The second-order valence-electron chi connectivity index (χ2n) is 5.92. The van der Waals surface area contributed by atoms with Crippen LogP contribution in [-0.2, 0) is 0 Å². The molecule has 0 bridgehead atoms. The molecule has 2 aliphatic carbocycles. The molecule has 0 unspecified atom stereocenters. The van der Waals surface area contributed by atoms with Crippen molar-refractivity contribution in [3.63, 3.8) is 0 Å². The summed E-state index contributed by atoms with van der Waals surface area (Å²) in [7, 11) is 0.